The number of hydrogen-bond acceptors (Lipinski definition) is 6. The van der Waals surface area contributed by atoms with E-state index < -0.39 is 0 Å². The molecule has 0 aromatic carbocycles. The lowest BCUT2D eigenvalue weighted by Crippen LogP contribution is -2.27. The van der Waals surface area contributed by atoms with E-state index >= 15 is 0 Å². The Hall–Kier alpha value is -3.35. The highest BCUT2D eigenvalue weighted by atomic mass is 15.1. The fourth-order valence-electron chi connectivity index (χ4n) is 2.58. The third-order valence-electron chi connectivity index (χ3n) is 4.34. The van der Waals surface area contributed by atoms with Crippen molar-refractivity contribution in [2.75, 3.05) is 7.05 Å². The topological polar surface area (TPSA) is 125 Å². The minimum atomic E-state index is 0.260. The second-order valence-corrected chi connectivity index (χ2v) is 6.20. The van der Waals surface area contributed by atoms with Gasteiger partial charge in [0.2, 0.25) is 0 Å². The van der Waals surface area contributed by atoms with Gasteiger partial charge in [-0.15, -0.1) is 0 Å². The molecule has 1 atom stereocenters. The Morgan fingerprint density at radius 1 is 1.33 bits per heavy atom. The van der Waals surface area contributed by atoms with Gasteiger partial charge in [0.1, 0.15) is 11.7 Å². The zero-order valence-corrected chi connectivity index (χ0v) is 16.0. The quantitative estimate of drug-likeness (QED) is 0.350. The molecular formula is C20H27N7. The van der Waals surface area contributed by atoms with Crippen LogP contribution in [0.3, 0.4) is 0 Å². The lowest BCUT2D eigenvalue weighted by molar-refractivity contribution is 0.680. The maximum Gasteiger partial charge on any atom is 0.132 e. The van der Waals surface area contributed by atoms with Crippen LogP contribution in [0.25, 0.3) is 0 Å². The Morgan fingerprint density at radius 3 is 2.74 bits per heavy atom. The second kappa shape index (κ2) is 9.38. The van der Waals surface area contributed by atoms with Gasteiger partial charge >= 0.3 is 0 Å². The van der Waals surface area contributed by atoms with Crippen molar-refractivity contribution in [3.8, 4) is 0 Å². The minimum absolute atomic E-state index is 0.260. The first kappa shape index (κ1) is 20.0. The summed E-state index contributed by atoms with van der Waals surface area (Å²) in [6.07, 6.45) is 14.9. The fraction of sp³-hybridized carbons (Fsp3) is 0.250. The zero-order valence-electron chi connectivity index (χ0n) is 16.0. The van der Waals surface area contributed by atoms with Crippen LogP contribution in [0.2, 0.25) is 0 Å². The molecule has 0 saturated heterocycles. The molecule has 0 aromatic rings. The van der Waals surface area contributed by atoms with Crippen molar-refractivity contribution in [3.63, 3.8) is 0 Å². The number of fused-ring (bicyclic) bond motifs is 1. The summed E-state index contributed by atoms with van der Waals surface area (Å²) in [5, 5.41) is 14.0. The Morgan fingerprint density at radius 2 is 2.11 bits per heavy atom. The van der Waals surface area contributed by atoms with Gasteiger partial charge in [0.15, 0.2) is 0 Å². The highest BCUT2D eigenvalue weighted by Gasteiger charge is 2.16. The van der Waals surface area contributed by atoms with Crippen LogP contribution in [0.4, 0.5) is 0 Å². The third-order valence-corrected chi connectivity index (χ3v) is 4.34. The average molecular weight is 365 g/mol. The fourth-order valence-corrected chi connectivity index (χ4v) is 2.58. The molecule has 7 nitrogen and oxygen atoms in total. The Balaban J connectivity index is 2.22. The van der Waals surface area contributed by atoms with Gasteiger partial charge in [-0.05, 0) is 42.2 Å². The van der Waals surface area contributed by atoms with Crippen molar-refractivity contribution in [3.05, 3.63) is 70.6 Å². The molecule has 7 heteroatoms. The second-order valence-electron chi connectivity index (χ2n) is 6.20. The van der Waals surface area contributed by atoms with Crippen LogP contribution in [-0.4, -0.2) is 25.3 Å². The largest absolute Gasteiger partial charge is 0.404 e. The van der Waals surface area contributed by atoms with Crippen LogP contribution in [-0.2, 0) is 0 Å². The van der Waals surface area contributed by atoms with Crippen molar-refractivity contribution in [1.29, 1.82) is 5.41 Å². The molecule has 2 aliphatic rings. The van der Waals surface area contributed by atoms with E-state index in [0.29, 0.717) is 11.7 Å². The smallest absolute Gasteiger partial charge is 0.132 e. The molecule has 0 aromatic heterocycles. The SMILES string of the molecule is CCC(C)C(C=N)=CC(N)=NC1=CC=C2NC=C(C(C=NC)=CN)C=C2N1. The third kappa shape index (κ3) is 5.07. The summed E-state index contributed by atoms with van der Waals surface area (Å²) in [6, 6.07) is 0. The normalized spacial score (nSPS) is 19.1. The van der Waals surface area contributed by atoms with E-state index in [4.69, 9.17) is 16.9 Å². The minimum Gasteiger partial charge on any atom is -0.404 e. The highest BCUT2D eigenvalue weighted by Crippen LogP contribution is 2.22. The number of rotatable bonds is 7. The van der Waals surface area contributed by atoms with Gasteiger partial charge in [0, 0.05) is 43.0 Å². The maximum atomic E-state index is 7.55. The van der Waals surface area contributed by atoms with Gasteiger partial charge in [-0.3, -0.25) is 4.99 Å². The standard InChI is InChI=1S/C20H27N7/c1-4-13(2)14(9-21)8-19(23)27-20-6-5-17-18(26-20)7-15(12-25-17)16(10-22)11-24-3/h5-13,21,25-26H,4,22H2,1-3H3,(H2,23,27). The van der Waals surface area contributed by atoms with E-state index in [-0.39, 0.29) is 5.92 Å². The summed E-state index contributed by atoms with van der Waals surface area (Å²) in [7, 11) is 1.70. The summed E-state index contributed by atoms with van der Waals surface area (Å²) in [6.45, 7) is 4.14. The van der Waals surface area contributed by atoms with E-state index in [1.807, 2.05) is 24.4 Å². The van der Waals surface area contributed by atoms with Crippen LogP contribution in [0.1, 0.15) is 20.3 Å². The van der Waals surface area contributed by atoms with Gasteiger partial charge < -0.3 is 27.5 Å². The number of nitrogens with one attached hydrogen (secondary N) is 3. The number of nitrogens with zero attached hydrogens (tertiary/aromatic N) is 2. The number of hydrogen-bond donors (Lipinski definition) is 5. The molecule has 0 radical (unpaired) electrons. The lowest BCUT2D eigenvalue weighted by atomic mass is 9.99. The lowest BCUT2D eigenvalue weighted by Gasteiger charge is -2.23. The molecule has 2 heterocycles. The molecule has 0 fully saturated rings. The number of allylic oxidation sites excluding steroid dienone is 6. The van der Waals surface area contributed by atoms with Crippen LogP contribution in [0.5, 0.6) is 0 Å². The molecule has 2 rings (SSSR count). The molecule has 0 aliphatic carbocycles. The molecular weight excluding hydrogens is 338 g/mol. The average Bonchev–Trinajstić information content (AvgIpc) is 2.69. The summed E-state index contributed by atoms with van der Waals surface area (Å²) in [5.74, 6) is 1.23. The molecule has 0 bridgehead atoms. The first-order valence-corrected chi connectivity index (χ1v) is 8.80. The predicted molar refractivity (Wildman–Crippen MR) is 113 cm³/mol. The zero-order chi connectivity index (χ0) is 19.8. The molecule has 0 amide bonds. The molecule has 1 unspecified atom stereocenters. The molecule has 142 valence electrons. The van der Waals surface area contributed by atoms with Crippen molar-refractivity contribution in [2.45, 2.75) is 20.3 Å². The molecule has 7 N–H and O–H groups in total. The van der Waals surface area contributed by atoms with E-state index in [2.05, 4.69) is 34.5 Å². The number of amidine groups is 1. The first-order valence-electron chi connectivity index (χ1n) is 8.80. The van der Waals surface area contributed by atoms with Crippen LogP contribution >= 0.6 is 0 Å². The van der Waals surface area contributed by atoms with Gasteiger partial charge in [0.05, 0.1) is 11.4 Å². The van der Waals surface area contributed by atoms with Gasteiger partial charge in [0.25, 0.3) is 0 Å². The number of aliphatic imine (C=N–C) groups is 2. The predicted octanol–water partition coefficient (Wildman–Crippen LogP) is 2.21. The van der Waals surface area contributed by atoms with Gasteiger partial charge in [-0.1, -0.05) is 13.8 Å². The van der Waals surface area contributed by atoms with Crippen molar-refractivity contribution in [1.82, 2.24) is 10.6 Å². The molecule has 0 spiro atoms. The van der Waals surface area contributed by atoms with E-state index in [0.717, 1.165) is 34.5 Å². The van der Waals surface area contributed by atoms with Crippen molar-refractivity contribution >= 4 is 18.3 Å². The summed E-state index contributed by atoms with van der Waals surface area (Å²) in [5.41, 5.74) is 16.1. The monoisotopic (exact) mass is 365 g/mol. The van der Waals surface area contributed by atoms with E-state index in [9.17, 15) is 0 Å². The molecule has 0 saturated carbocycles. The Labute approximate surface area is 160 Å². The van der Waals surface area contributed by atoms with Crippen LogP contribution in [0.15, 0.2) is 80.6 Å². The van der Waals surface area contributed by atoms with E-state index in [1.165, 1.54) is 12.4 Å². The Bertz CT molecular complexity index is 832. The first-order chi connectivity index (χ1) is 13.0. The van der Waals surface area contributed by atoms with E-state index in [1.54, 1.807) is 19.3 Å². The number of nitrogens with two attached hydrogens (primary N) is 2. The van der Waals surface area contributed by atoms with Crippen LogP contribution < -0.4 is 22.1 Å². The van der Waals surface area contributed by atoms with Crippen molar-refractivity contribution in [2.24, 2.45) is 27.4 Å². The summed E-state index contributed by atoms with van der Waals surface area (Å²) in [4.78, 5) is 8.44. The number of dihydropyridines is 2. The van der Waals surface area contributed by atoms with Gasteiger partial charge in [-0.25, -0.2) is 4.99 Å². The molecule has 27 heavy (non-hydrogen) atoms. The summed E-state index contributed by atoms with van der Waals surface area (Å²) >= 11 is 0. The van der Waals surface area contributed by atoms with Gasteiger partial charge in [-0.2, -0.15) is 0 Å². The molecule has 2 aliphatic heterocycles. The highest BCUT2D eigenvalue weighted by molar-refractivity contribution is 5.97. The Kier molecular flexibility index (Phi) is 6.93. The van der Waals surface area contributed by atoms with Crippen molar-refractivity contribution < 1.29 is 0 Å². The van der Waals surface area contributed by atoms with Crippen LogP contribution in [0, 0.1) is 11.3 Å². The maximum absolute atomic E-state index is 7.55. The summed E-state index contributed by atoms with van der Waals surface area (Å²) < 4.78 is 0.